The van der Waals surface area contributed by atoms with Gasteiger partial charge in [0.05, 0.1) is 18.5 Å². The highest BCUT2D eigenvalue weighted by atomic mass is 16.5. The summed E-state index contributed by atoms with van der Waals surface area (Å²) in [5.74, 6) is 2.29. The number of piperazine rings is 1. The Labute approximate surface area is 273 Å². The number of pyridine rings is 1. The molecule has 1 aromatic carbocycles. The van der Waals surface area contributed by atoms with Gasteiger partial charge in [0, 0.05) is 69.2 Å². The van der Waals surface area contributed by atoms with Crippen molar-refractivity contribution in [2.24, 2.45) is 5.92 Å². The number of likely N-dealkylation sites (tertiary alicyclic amines) is 1. The normalized spacial score (nSPS) is 17.8. The maximum atomic E-state index is 12.7. The molecule has 0 radical (unpaired) electrons. The van der Waals surface area contributed by atoms with E-state index in [2.05, 4.69) is 57.6 Å². The number of benzene rings is 1. The van der Waals surface area contributed by atoms with Crippen LogP contribution in [0.1, 0.15) is 74.0 Å². The summed E-state index contributed by atoms with van der Waals surface area (Å²) < 4.78 is 7.32. The first-order valence-corrected chi connectivity index (χ1v) is 16.9. The molecule has 1 amide bonds. The molecule has 0 spiro atoms. The fourth-order valence-corrected chi connectivity index (χ4v) is 7.02. The van der Waals surface area contributed by atoms with Crippen LogP contribution in [0.15, 0.2) is 36.4 Å². The average molecular weight is 630 g/mol. The Bertz CT molecular complexity index is 1480. The van der Waals surface area contributed by atoms with Gasteiger partial charge in [0.2, 0.25) is 5.91 Å². The lowest BCUT2D eigenvalue weighted by Crippen LogP contribution is -2.48. The molecule has 2 saturated heterocycles. The van der Waals surface area contributed by atoms with E-state index in [1.807, 2.05) is 24.0 Å². The first-order chi connectivity index (χ1) is 22.3. The van der Waals surface area contributed by atoms with Gasteiger partial charge in [-0.3, -0.25) is 4.79 Å². The predicted molar refractivity (Wildman–Crippen MR) is 183 cm³/mol. The van der Waals surface area contributed by atoms with Gasteiger partial charge in [0.25, 0.3) is 0 Å². The molecule has 2 fully saturated rings. The summed E-state index contributed by atoms with van der Waals surface area (Å²) in [7, 11) is 1.62. The number of carbonyl (C=O) groups is 2. The average Bonchev–Trinajstić information content (AvgIpc) is 3.67. The molecule has 0 saturated carbocycles. The van der Waals surface area contributed by atoms with E-state index in [9.17, 15) is 9.59 Å². The first kappa shape index (κ1) is 33.4. The standard InChI is InChI=1S/C36H51N7O3/c1-5-29(25-40-14-13-28(24-40)9-10-31-11-12-34(46-4)36(37)38-31)30-21-32(23-33(22-30)43-27(3)20-26(2)39-43)41-15-17-42(18-16-41)35(45)8-6-7-19-44/h11-12,19-23,28-29H,5-10,13-18,24-25H2,1-4H3,(H2,37,38). The molecule has 0 bridgehead atoms. The van der Waals surface area contributed by atoms with Crippen LogP contribution in [0, 0.1) is 19.8 Å². The molecule has 46 heavy (non-hydrogen) atoms. The van der Waals surface area contributed by atoms with E-state index in [4.69, 9.17) is 15.6 Å². The highest BCUT2D eigenvalue weighted by molar-refractivity contribution is 5.76. The third-order valence-electron chi connectivity index (χ3n) is 9.67. The van der Waals surface area contributed by atoms with Crippen LogP contribution in [-0.4, -0.2) is 89.7 Å². The molecule has 2 aliphatic heterocycles. The minimum atomic E-state index is 0.151. The third-order valence-corrected chi connectivity index (χ3v) is 9.67. The Morgan fingerprint density at radius 1 is 1.09 bits per heavy atom. The van der Waals surface area contributed by atoms with E-state index in [1.165, 1.54) is 17.7 Å². The zero-order chi connectivity index (χ0) is 32.6. The maximum absolute atomic E-state index is 12.7. The monoisotopic (exact) mass is 629 g/mol. The second kappa shape index (κ2) is 15.6. The highest BCUT2D eigenvalue weighted by Gasteiger charge is 2.27. The summed E-state index contributed by atoms with van der Waals surface area (Å²) in [6.45, 7) is 12.7. The number of carbonyl (C=O) groups excluding carboxylic acids is 2. The summed E-state index contributed by atoms with van der Waals surface area (Å²) in [6.07, 6.45) is 6.70. The van der Waals surface area contributed by atoms with E-state index in [0.29, 0.717) is 55.8 Å². The maximum Gasteiger partial charge on any atom is 0.222 e. The number of unbranched alkanes of at least 4 members (excludes halogenated alkanes) is 1. The number of aryl methyl sites for hydroxylation is 3. The largest absolute Gasteiger partial charge is 0.493 e. The number of hydrogen-bond acceptors (Lipinski definition) is 8. The van der Waals surface area contributed by atoms with Gasteiger partial charge in [-0.05, 0) is 106 Å². The molecule has 10 nitrogen and oxygen atoms in total. The molecule has 2 atom stereocenters. The molecule has 2 aromatic heterocycles. The second-order valence-corrected chi connectivity index (χ2v) is 13.0. The van der Waals surface area contributed by atoms with Crippen molar-refractivity contribution in [2.75, 3.05) is 63.6 Å². The minimum absolute atomic E-state index is 0.151. The predicted octanol–water partition coefficient (Wildman–Crippen LogP) is 4.94. The van der Waals surface area contributed by atoms with Crippen molar-refractivity contribution in [3.63, 3.8) is 0 Å². The topological polar surface area (TPSA) is 110 Å². The summed E-state index contributed by atoms with van der Waals surface area (Å²) >= 11 is 0. The summed E-state index contributed by atoms with van der Waals surface area (Å²) in [5, 5.41) is 4.83. The molecule has 5 rings (SSSR count). The lowest BCUT2D eigenvalue weighted by molar-refractivity contribution is -0.131. The molecule has 2 N–H and O–H groups in total. The second-order valence-electron chi connectivity index (χ2n) is 13.0. The van der Waals surface area contributed by atoms with Crippen LogP contribution in [0.3, 0.4) is 0 Å². The quantitative estimate of drug-likeness (QED) is 0.197. The Morgan fingerprint density at radius 2 is 1.87 bits per heavy atom. The number of anilines is 2. The Morgan fingerprint density at radius 3 is 2.54 bits per heavy atom. The summed E-state index contributed by atoms with van der Waals surface area (Å²) in [6, 6.07) is 13.0. The number of aldehydes is 1. The zero-order valence-electron chi connectivity index (χ0n) is 28.1. The van der Waals surface area contributed by atoms with Crippen molar-refractivity contribution >= 4 is 23.7 Å². The van der Waals surface area contributed by atoms with E-state index in [0.717, 1.165) is 81.0 Å². The van der Waals surface area contributed by atoms with Gasteiger partial charge in [0.15, 0.2) is 11.6 Å². The number of hydrogen-bond donors (Lipinski definition) is 1. The van der Waals surface area contributed by atoms with Crippen molar-refractivity contribution < 1.29 is 14.3 Å². The highest BCUT2D eigenvalue weighted by Crippen LogP contribution is 2.32. The van der Waals surface area contributed by atoms with Gasteiger partial charge >= 0.3 is 0 Å². The van der Waals surface area contributed by atoms with Gasteiger partial charge in [0.1, 0.15) is 6.29 Å². The van der Waals surface area contributed by atoms with E-state index in [1.54, 1.807) is 7.11 Å². The van der Waals surface area contributed by atoms with Gasteiger partial charge in [-0.2, -0.15) is 5.10 Å². The van der Waals surface area contributed by atoms with Gasteiger partial charge in [-0.15, -0.1) is 0 Å². The van der Waals surface area contributed by atoms with Crippen LogP contribution < -0.4 is 15.4 Å². The molecular formula is C36H51N7O3. The number of aromatic nitrogens is 3. The molecule has 3 aromatic rings. The smallest absolute Gasteiger partial charge is 0.222 e. The fraction of sp³-hybridized carbons (Fsp3) is 0.556. The fourth-order valence-electron chi connectivity index (χ4n) is 7.02. The van der Waals surface area contributed by atoms with Gasteiger partial charge < -0.3 is 30.0 Å². The number of rotatable bonds is 14. The van der Waals surface area contributed by atoms with Crippen molar-refractivity contribution in [2.45, 2.75) is 71.6 Å². The summed E-state index contributed by atoms with van der Waals surface area (Å²) in [4.78, 5) is 34.9. The van der Waals surface area contributed by atoms with Crippen molar-refractivity contribution in [3.8, 4) is 11.4 Å². The first-order valence-electron chi connectivity index (χ1n) is 16.9. The number of nitrogen functional groups attached to an aromatic ring is 1. The Hall–Kier alpha value is -3.92. The molecule has 10 heteroatoms. The van der Waals surface area contributed by atoms with E-state index < -0.39 is 0 Å². The van der Waals surface area contributed by atoms with Crippen LogP contribution in [0.5, 0.6) is 5.75 Å². The van der Waals surface area contributed by atoms with E-state index >= 15 is 0 Å². The van der Waals surface area contributed by atoms with Crippen LogP contribution in [0.4, 0.5) is 11.5 Å². The number of methoxy groups -OCH3 is 1. The summed E-state index contributed by atoms with van der Waals surface area (Å²) in [5.41, 5.74) is 12.8. The molecule has 2 aliphatic rings. The van der Waals surface area contributed by atoms with Gasteiger partial charge in [-0.25, -0.2) is 9.67 Å². The van der Waals surface area contributed by atoms with Crippen LogP contribution in [0.2, 0.25) is 0 Å². The Kier molecular flexibility index (Phi) is 11.3. The van der Waals surface area contributed by atoms with Crippen LogP contribution in [0.25, 0.3) is 5.69 Å². The lowest BCUT2D eigenvalue weighted by Gasteiger charge is -2.37. The number of nitrogens with zero attached hydrogens (tertiary/aromatic N) is 6. The molecule has 2 unspecified atom stereocenters. The third kappa shape index (κ3) is 8.26. The molecular weight excluding hydrogens is 578 g/mol. The number of nitrogens with two attached hydrogens (primary N) is 1. The minimum Gasteiger partial charge on any atom is -0.493 e. The van der Waals surface area contributed by atoms with Crippen LogP contribution in [-0.2, 0) is 16.0 Å². The molecule has 0 aliphatic carbocycles. The van der Waals surface area contributed by atoms with E-state index in [-0.39, 0.29) is 5.91 Å². The van der Waals surface area contributed by atoms with Gasteiger partial charge in [-0.1, -0.05) is 6.92 Å². The van der Waals surface area contributed by atoms with Crippen molar-refractivity contribution in [1.82, 2.24) is 24.6 Å². The van der Waals surface area contributed by atoms with Crippen molar-refractivity contribution in [3.05, 3.63) is 59.0 Å². The molecule has 4 heterocycles. The number of ether oxygens (including phenoxy) is 1. The number of amides is 1. The van der Waals surface area contributed by atoms with Crippen LogP contribution >= 0.6 is 0 Å². The Balaban J connectivity index is 1.27. The SMILES string of the molecule is CCC(CN1CCC(CCc2ccc(OC)c(N)n2)C1)c1cc(N2CCN(C(=O)CCCC=O)CC2)cc(-n2nc(C)cc2C)c1. The zero-order valence-corrected chi connectivity index (χ0v) is 28.1. The lowest BCUT2D eigenvalue weighted by atomic mass is 9.94. The van der Waals surface area contributed by atoms with Crippen molar-refractivity contribution in [1.29, 1.82) is 0 Å². The molecule has 248 valence electrons.